The van der Waals surface area contributed by atoms with Crippen molar-refractivity contribution in [1.29, 1.82) is 0 Å². The zero-order valence-electron chi connectivity index (χ0n) is 9.29. The Labute approximate surface area is 90.9 Å². The molecule has 1 atom stereocenters. The van der Waals surface area contributed by atoms with Gasteiger partial charge in [-0.15, -0.1) is 0 Å². The highest BCUT2D eigenvalue weighted by Crippen LogP contribution is 2.05. The third-order valence-electron chi connectivity index (χ3n) is 2.13. The molecule has 0 bridgehead atoms. The Morgan fingerprint density at radius 3 is 2.86 bits per heavy atom. The summed E-state index contributed by atoms with van der Waals surface area (Å²) in [5.74, 6) is 0. The van der Waals surface area contributed by atoms with Gasteiger partial charge in [0.05, 0.1) is 0 Å². The molecule has 0 amide bonds. The summed E-state index contributed by atoms with van der Waals surface area (Å²) in [6, 6.07) is 2.77. The molecule has 0 aliphatic rings. The van der Waals surface area contributed by atoms with Gasteiger partial charge >= 0.3 is 0 Å². The van der Waals surface area contributed by atoms with E-state index in [2.05, 4.69) is 48.1 Å². The maximum atomic E-state index is 3.52. The predicted molar refractivity (Wildman–Crippen MR) is 64.0 cm³/mol. The molecular formula is C11H20N2S. The van der Waals surface area contributed by atoms with E-state index in [4.69, 9.17) is 0 Å². The third kappa shape index (κ3) is 4.74. The van der Waals surface area contributed by atoms with Gasteiger partial charge in [-0.2, -0.15) is 11.3 Å². The first-order chi connectivity index (χ1) is 6.68. The Hall–Kier alpha value is -0.380. The number of hydrogen-bond acceptors (Lipinski definition) is 3. The van der Waals surface area contributed by atoms with Crippen molar-refractivity contribution < 1.29 is 0 Å². The van der Waals surface area contributed by atoms with Crippen LogP contribution in [0.1, 0.15) is 12.5 Å². The lowest BCUT2D eigenvalue weighted by Gasteiger charge is -2.17. The Balaban J connectivity index is 2.09. The average molecular weight is 212 g/mol. The fourth-order valence-corrected chi connectivity index (χ4v) is 2.21. The van der Waals surface area contributed by atoms with Gasteiger partial charge in [0.15, 0.2) is 0 Å². The maximum Gasteiger partial charge on any atom is 0.0166 e. The van der Waals surface area contributed by atoms with Gasteiger partial charge in [-0.05, 0) is 56.4 Å². The molecule has 1 heterocycles. The Morgan fingerprint density at radius 2 is 2.29 bits per heavy atom. The smallest absolute Gasteiger partial charge is 0.0166 e. The van der Waals surface area contributed by atoms with Crippen molar-refractivity contribution in [2.24, 2.45) is 0 Å². The van der Waals surface area contributed by atoms with E-state index in [0.29, 0.717) is 6.04 Å². The molecule has 1 unspecified atom stereocenters. The molecule has 80 valence electrons. The maximum absolute atomic E-state index is 3.52. The molecule has 0 spiro atoms. The zero-order chi connectivity index (χ0) is 10.4. The summed E-state index contributed by atoms with van der Waals surface area (Å²) in [5, 5.41) is 7.87. The van der Waals surface area contributed by atoms with E-state index < -0.39 is 0 Å². The van der Waals surface area contributed by atoms with E-state index in [1.807, 2.05) is 0 Å². The summed E-state index contributed by atoms with van der Waals surface area (Å²) in [5.41, 5.74) is 1.44. The monoisotopic (exact) mass is 212 g/mol. The van der Waals surface area contributed by atoms with Crippen molar-refractivity contribution in [1.82, 2.24) is 10.2 Å². The van der Waals surface area contributed by atoms with Crippen LogP contribution in [0, 0.1) is 0 Å². The number of nitrogens with zero attached hydrogens (tertiary/aromatic N) is 1. The Bertz CT molecular complexity index is 231. The molecule has 14 heavy (non-hydrogen) atoms. The number of thiophene rings is 1. The molecule has 3 heteroatoms. The SMILES string of the molecule is CC(CN(C)C)NCCc1ccsc1. The second kappa shape index (κ2) is 6.17. The van der Waals surface area contributed by atoms with Crippen molar-refractivity contribution >= 4 is 11.3 Å². The molecule has 0 saturated carbocycles. The first-order valence-corrected chi connectivity index (χ1v) is 6.02. The molecule has 0 fully saturated rings. The number of rotatable bonds is 6. The summed E-state index contributed by atoms with van der Waals surface area (Å²) in [7, 11) is 4.22. The van der Waals surface area contributed by atoms with Gasteiger partial charge in [0.2, 0.25) is 0 Å². The highest BCUT2D eigenvalue weighted by Gasteiger charge is 2.01. The molecule has 0 saturated heterocycles. The molecular weight excluding hydrogens is 192 g/mol. The highest BCUT2D eigenvalue weighted by molar-refractivity contribution is 7.07. The molecule has 0 aliphatic carbocycles. The Kier molecular flexibility index (Phi) is 5.15. The van der Waals surface area contributed by atoms with Gasteiger partial charge in [0.25, 0.3) is 0 Å². The molecule has 1 N–H and O–H groups in total. The predicted octanol–water partition coefficient (Wildman–Crippen LogP) is 1.83. The van der Waals surface area contributed by atoms with Crippen LogP contribution in [-0.2, 0) is 6.42 Å². The molecule has 1 rings (SSSR count). The van der Waals surface area contributed by atoms with Crippen LogP contribution in [0.15, 0.2) is 16.8 Å². The van der Waals surface area contributed by atoms with Crippen LogP contribution in [0.3, 0.4) is 0 Å². The van der Waals surface area contributed by atoms with E-state index in [0.717, 1.165) is 19.5 Å². The van der Waals surface area contributed by atoms with Crippen LogP contribution in [-0.4, -0.2) is 38.1 Å². The van der Waals surface area contributed by atoms with E-state index in [9.17, 15) is 0 Å². The van der Waals surface area contributed by atoms with Gasteiger partial charge in [0.1, 0.15) is 0 Å². The minimum atomic E-state index is 0.573. The van der Waals surface area contributed by atoms with Gasteiger partial charge in [-0.25, -0.2) is 0 Å². The lowest BCUT2D eigenvalue weighted by Crippen LogP contribution is -2.36. The number of nitrogens with one attached hydrogen (secondary N) is 1. The van der Waals surface area contributed by atoms with Crippen molar-refractivity contribution in [2.75, 3.05) is 27.2 Å². The summed E-state index contributed by atoms with van der Waals surface area (Å²) in [6.07, 6.45) is 1.14. The van der Waals surface area contributed by atoms with E-state index in [1.54, 1.807) is 11.3 Å². The first-order valence-electron chi connectivity index (χ1n) is 5.07. The summed E-state index contributed by atoms with van der Waals surface area (Å²) in [6.45, 7) is 4.41. The molecule has 1 aromatic heterocycles. The molecule has 0 aromatic carbocycles. The minimum Gasteiger partial charge on any atom is -0.313 e. The fourth-order valence-electron chi connectivity index (χ4n) is 1.51. The van der Waals surface area contributed by atoms with Crippen LogP contribution < -0.4 is 5.32 Å². The van der Waals surface area contributed by atoms with Crippen LogP contribution in [0.25, 0.3) is 0 Å². The van der Waals surface area contributed by atoms with Gasteiger partial charge in [-0.3, -0.25) is 0 Å². The average Bonchev–Trinajstić information content (AvgIpc) is 2.55. The summed E-state index contributed by atoms with van der Waals surface area (Å²) < 4.78 is 0. The largest absolute Gasteiger partial charge is 0.313 e. The van der Waals surface area contributed by atoms with Crippen molar-refractivity contribution in [3.8, 4) is 0 Å². The Morgan fingerprint density at radius 1 is 1.50 bits per heavy atom. The van der Waals surface area contributed by atoms with E-state index in [1.165, 1.54) is 5.56 Å². The first kappa shape index (κ1) is 11.7. The van der Waals surface area contributed by atoms with Crippen molar-refractivity contribution in [2.45, 2.75) is 19.4 Å². The van der Waals surface area contributed by atoms with Gasteiger partial charge in [-0.1, -0.05) is 0 Å². The second-order valence-corrected chi connectivity index (χ2v) is 4.78. The highest BCUT2D eigenvalue weighted by atomic mass is 32.1. The number of likely N-dealkylation sites (N-methyl/N-ethyl adjacent to an activating group) is 1. The topological polar surface area (TPSA) is 15.3 Å². The summed E-state index contributed by atoms with van der Waals surface area (Å²) >= 11 is 1.77. The van der Waals surface area contributed by atoms with E-state index >= 15 is 0 Å². The minimum absolute atomic E-state index is 0.573. The van der Waals surface area contributed by atoms with Crippen molar-refractivity contribution in [3.63, 3.8) is 0 Å². The standard InChI is InChI=1S/C11H20N2S/c1-10(8-13(2)3)12-6-4-11-5-7-14-9-11/h5,7,9-10,12H,4,6,8H2,1-3H3. The quantitative estimate of drug-likeness (QED) is 0.774. The molecule has 0 radical (unpaired) electrons. The normalized spacial score (nSPS) is 13.4. The van der Waals surface area contributed by atoms with Crippen molar-refractivity contribution in [3.05, 3.63) is 22.4 Å². The van der Waals surface area contributed by atoms with Crippen LogP contribution in [0.2, 0.25) is 0 Å². The van der Waals surface area contributed by atoms with Gasteiger partial charge in [0, 0.05) is 12.6 Å². The molecule has 0 aliphatic heterocycles. The molecule has 1 aromatic rings. The zero-order valence-corrected chi connectivity index (χ0v) is 10.1. The lowest BCUT2D eigenvalue weighted by atomic mass is 10.2. The van der Waals surface area contributed by atoms with Crippen LogP contribution in [0.4, 0.5) is 0 Å². The summed E-state index contributed by atoms with van der Waals surface area (Å²) in [4.78, 5) is 2.21. The van der Waals surface area contributed by atoms with Crippen LogP contribution >= 0.6 is 11.3 Å². The van der Waals surface area contributed by atoms with Crippen LogP contribution in [0.5, 0.6) is 0 Å². The molecule has 2 nitrogen and oxygen atoms in total. The lowest BCUT2D eigenvalue weighted by molar-refractivity contribution is 0.351. The number of hydrogen-bond donors (Lipinski definition) is 1. The second-order valence-electron chi connectivity index (χ2n) is 4.00. The third-order valence-corrected chi connectivity index (χ3v) is 2.86. The van der Waals surface area contributed by atoms with Gasteiger partial charge < -0.3 is 10.2 Å². The fraction of sp³-hybridized carbons (Fsp3) is 0.636. The van der Waals surface area contributed by atoms with E-state index in [-0.39, 0.29) is 0 Å².